The van der Waals surface area contributed by atoms with E-state index in [-0.39, 0.29) is 11.5 Å². The molecular weight excluding hydrogens is 350 g/mol. The Labute approximate surface area is 154 Å². The SMILES string of the molecule is COc1ccc(C)cc1-c1csc(NC(=O)c2cccc(C(N)=O)c2)n1. The summed E-state index contributed by atoms with van der Waals surface area (Å²) in [4.78, 5) is 28.1. The van der Waals surface area contributed by atoms with E-state index in [0.717, 1.165) is 16.8 Å². The third-order valence-corrected chi connectivity index (χ3v) is 4.52. The highest BCUT2D eigenvalue weighted by Crippen LogP contribution is 2.33. The number of carbonyl (C=O) groups is 2. The molecule has 0 fully saturated rings. The fraction of sp³-hybridized carbons (Fsp3) is 0.105. The minimum absolute atomic E-state index is 0.280. The molecule has 3 N–H and O–H groups in total. The molecule has 0 radical (unpaired) electrons. The van der Waals surface area contributed by atoms with Crippen molar-refractivity contribution in [3.05, 3.63) is 64.5 Å². The van der Waals surface area contributed by atoms with Gasteiger partial charge in [-0.15, -0.1) is 11.3 Å². The lowest BCUT2D eigenvalue weighted by molar-refractivity contribution is 0.1000. The number of carbonyl (C=O) groups excluding carboxylic acids is 2. The summed E-state index contributed by atoms with van der Waals surface area (Å²) in [5.74, 6) is -0.221. The molecule has 0 saturated carbocycles. The van der Waals surface area contributed by atoms with Crippen LogP contribution in [0, 0.1) is 6.92 Å². The summed E-state index contributed by atoms with van der Waals surface area (Å²) in [5, 5.41) is 5.05. The molecule has 0 saturated heterocycles. The summed E-state index contributed by atoms with van der Waals surface area (Å²) in [6, 6.07) is 12.1. The van der Waals surface area contributed by atoms with E-state index < -0.39 is 5.91 Å². The largest absolute Gasteiger partial charge is 0.496 e. The maximum Gasteiger partial charge on any atom is 0.257 e. The fourth-order valence-corrected chi connectivity index (χ4v) is 3.17. The van der Waals surface area contributed by atoms with Crippen LogP contribution in [0.15, 0.2) is 47.8 Å². The van der Waals surface area contributed by atoms with Crippen molar-refractivity contribution < 1.29 is 14.3 Å². The van der Waals surface area contributed by atoms with Crippen LogP contribution < -0.4 is 15.8 Å². The Balaban J connectivity index is 1.83. The third-order valence-electron chi connectivity index (χ3n) is 3.76. The van der Waals surface area contributed by atoms with Crippen LogP contribution >= 0.6 is 11.3 Å². The first kappa shape index (κ1) is 17.6. The van der Waals surface area contributed by atoms with Gasteiger partial charge in [-0.2, -0.15) is 0 Å². The zero-order chi connectivity index (χ0) is 18.7. The molecule has 1 aromatic heterocycles. The van der Waals surface area contributed by atoms with Crippen LogP contribution in [0.4, 0.5) is 5.13 Å². The Morgan fingerprint density at radius 3 is 2.65 bits per heavy atom. The van der Waals surface area contributed by atoms with E-state index in [1.165, 1.54) is 17.4 Å². The van der Waals surface area contributed by atoms with E-state index in [9.17, 15) is 9.59 Å². The molecule has 0 atom stereocenters. The van der Waals surface area contributed by atoms with Gasteiger partial charge in [0, 0.05) is 22.1 Å². The molecule has 2 amide bonds. The number of anilines is 1. The number of hydrogen-bond donors (Lipinski definition) is 2. The molecule has 0 aliphatic rings. The van der Waals surface area contributed by atoms with Gasteiger partial charge in [-0.3, -0.25) is 14.9 Å². The molecule has 1 heterocycles. The number of nitrogens with two attached hydrogens (primary N) is 1. The number of thiazole rings is 1. The van der Waals surface area contributed by atoms with Crippen molar-refractivity contribution in [2.75, 3.05) is 12.4 Å². The minimum atomic E-state index is -0.581. The van der Waals surface area contributed by atoms with E-state index in [1.54, 1.807) is 25.3 Å². The van der Waals surface area contributed by atoms with Gasteiger partial charge in [0.1, 0.15) is 5.75 Å². The molecular formula is C19H17N3O3S. The molecule has 0 unspecified atom stereocenters. The smallest absolute Gasteiger partial charge is 0.257 e. The van der Waals surface area contributed by atoms with Crippen molar-refractivity contribution >= 4 is 28.3 Å². The Bertz CT molecular complexity index is 982. The first-order chi connectivity index (χ1) is 12.5. The Hall–Kier alpha value is -3.19. The second-order valence-corrected chi connectivity index (χ2v) is 6.50. The minimum Gasteiger partial charge on any atom is -0.496 e. The normalized spacial score (nSPS) is 10.4. The summed E-state index contributed by atoms with van der Waals surface area (Å²) < 4.78 is 5.38. The number of nitrogens with one attached hydrogen (secondary N) is 1. The maximum absolute atomic E-state index is 12.4. The van der Waals surface area contributed by atoms with Crippen molar-refractivity contribution in [3.8, 4) is 17.0 Å². The van der Waals surface area contributed by atoms with E-state index in [1.807, 2.05) is 30.5 Å². The average molecular weight is 367 g/mol. The highest BCUT2D eigenvalue weighted by molar-refractivity contribution is 7.14. The van der Waals surface area contributed by atoms with Crippen LogP contribution in [0.1, 0.15) is 26.3 Å². The Morgan fingerprint density at radius 2 is 1.92 bits per heavy atom. The molecule has 0 spiro atoms. The summed E-state index contributed by atoms with van der Waals surface area (Å²) in [7, 11) is 1.61. The van der Waals surface area contributed by atoms with Gasteiger partial charge >= 0.3 is 0 Å². The van der Waals surface area contributed by atoms with Crippen LogP contribution in [0.3, 0.4) is 0 Å². The van der Waals surface area contributed by atoms with Crippen LogP contribution in [-0.4, -0.2) is 23.9 Å². The second-order valence-electron chi connectivity index (χ2n) is 5.64. The quantitative estimate of drug-likeness (QED) is 0.722. The molecule has 3 rings (SSSR count). The third kappa shape index (κ3) is 3.73. The lowest BCUT2D eigenvalue weighted by Crippen LogP contribution is -2.15. The number of aryl methyl sites for hydroxylation is 1. The van der Waals surface area contributed by atoms with Crippen LogP contribution in [0.2, 0.25) is 0 Å². The molecule has 3 aromatic rings. The first-order valence-corrected chi connectivity index (χ1v) is 8.67. The fourth-order valence-electron chi connectivity index (χ4n) is 2.46. The highest BCUT2D eigenvalue weighted by Gasteiger charge is 2.14. The number of rotatable bonds is 5. The highest BCUT2D eigenvalue weighted by atomic mass is 32.1. The number of aromatic nitrogens is 1. The van der Waals surface area contributed by atoms with E-state index in [0.29, 0.717) is 16.4 Å². The molecule has 0 aliphatic heterocycles. The van der Waals surface area contributed by atoms with Crippen molar-refractivity contribution in [1.29, 1.82) is 0 Å². The predicted octanol–water partition coefficient (Wildman–Crippen LogP) is 3.48. The maximum atomic E-state index is 12.4. The van der Waals surface area contributed by atoms with Crippen LogP contribution in [0.25, 0.3) is 11.3 Å². The van der Waals surface area contributed by atoms with Crippen molar-refractivity contribution in [2.24, 2.45) is 5.73 Å². The number of primary amides is 1. The van der Waals surface area contributed by atoms with Gasteiger partial charge in [0.2, 0.25) is 5.91 Å². The number of hydrogen-bond acceptors (Lipinski definition) is 5. The van der Waals surface area contributed by atoms with Crippen LogP contribution in [-0.2, 0) is 0 Å². The molecule has 7 heteroatoms. The summed E-state index contributed by atoms with van der Waals surface area (Å²) in [5.41, 5.74) is 8.53. The summed E-state index contributed by atoms with van der Waals surface area (Å²) in [6.45, 7) is 1.99. The van der Waals surface area contributed by atoms with Gasteiger partial charge in [-0.25, -0.2) is 4.98 Å². The lowest BCUT2D eigenvalue weighted by atomic mass is 10.1. The van der Waals surface area contributed by atoms with Crippen molar-refractivity contribution in [3.63, 3.8) is 0 Å². The molecule has 26 heavy (non-hydrogen) atoms. The average Bonchev–Trinajstić information content (AvgIpc) is 3.10. The van der Waals surface area contributed by atoms with Crippen molar-refractivity contribution in [2.45, 2.75) is 6.92 Å². The molecule has 0 aliphatic carbocycles. The zero-order valence-electron chi connectivity index (χ0n) is 14.3. The molecule has 2 aromatic carbocycles. The standard InChI is InChI=1S/C19H17N3O3S/c1-11-6-7-16(25-2)14(8-11)15-10-26-19(21-15)22-18(24)13-5-3-4-12(9-13)17(20)23/h3-10H,1-2H3,(H2,20,23)(H,21,22,24). The van der Waals surface area contributed by atoms with Gasteiger partial charge in [0.25, 0.3) is 5.91 Å². The van der Waals surface area contributed by atoms with Gasteiger partial charge in [-0.1, -0.05) is 17.7 Å². The Morgan fingerprint density at radius 1 is 1.15 bits per heavy atom. The number of benzene rings is 2. The Kier molecular flexibility index (Phi) is 4.99. The monoisotopic (exact) mass is 367 g/mol. The molecule has 132 valence electrons. The number of amides is 2. The number of nitrogens with zero attached hydrogens (tertiary/aromatic N) is 1. The number of methoxy groups -OCH3 is 1. The van der Waals surface area contributed by atoms with Gasteiger partial charge in [0.05, 0.1) is 12.8 Å². The zero-order valence-corrected chi connectivity index (χ0v) is 15.1. The second kappa shape index (κ2) is 7.37. The first-order valence-electron chi connectivity index (χ1n) is 7.79. The van der Waals surface area contributed by atoms with Gasteiger partial charge in [-0.05, 0) is 37.3 Å². The number of ether oxygens (including phenoxy) is 1. The molecule has 0 bridgehead atoms. The van der Waals surface area contributed by atoms with E-state index in [2.05, 4.69) is 10.3 Å². The summed E-state index contributed by atoms with van der Waals surface area (Å²) >= 11 is 1.31. The lowest BCUT2D eigenvalue weighted by Gasteiger charge is -2.07. The van der Waals surface area contributed by atoms with E-state index >= 15 is 0 Å². The van der Waals surface area contributed by atoms with Crippen molar-refractivity contribution in [1.82, 2.24) is 4.98 Å². The summed E-state index contributed by atoms with van der Waals surface area (Å²) in [6.07, 6.45) is 0. The van der Waals surface area contributed by atoms with E-state index in [4.69, 9.17) is 10.5 Å². The van der Waals surface area contributed by atoms with Gasteiger partial charge in [0.15, 0.2) is 5.13 Å². The topological polar surface area (TPSA) is 94.3 Å². The predicted molar refractivity (Wildman–Crippen MR) is 102 cm³/mol. The molecule has 6 nitrogen and oxygen atoms in total. The van der Waals surface area contributed by atoms with Crippen LogP contribution in [0.5, 0.6) is 5.75 Å². The van der Waals surface area contributed by atoms with Gasteiger partial charge < -0.3 is 10.5 Å².